The molecule has 8 heteroatoms. The van der Waals surface area contributed by atoms with Crippen molar-refractivity contribution in [3.8, 4) is 0 Å². The van der Waals surface area contributed by atoms with E-state index in [9.17, 15) is 4.79 Å². The third kappa shape index (κ3) is 4.03. The van der Waals surface area contributed by atoms with Crippen LogP contribution in [0.5, 0.6) is 0 Å². The Hall–Kier alpha value is -2.19. The highest BCUT2D eigenvalue weighted by Crippen LogP contribution is 2.31. The fourth-order valence-corrected chi connectivity index (χ4v) is 6.10. The van der Waals surface area contributed by atoms with Crippen LogP contribution < -0.4 is 0 Å². The number of H-pyrrole nitrogens is 1. The zero-order chi connectivity index (χ0) is 21.4. The number of fused-ring (bicyclic) bond motifs is 1. The molecule has 1 N–H and O–H groups in total. The standard InChI is InChI=1S/C23H32N6OS/c1-16-20(29-12-13-31-23(29)25-16)15-28-10-8-17(9-11-28)21-19(14-24-26-21)22(30)27(2)18-6-4-3-5-7-18/h12-14,17-18H,3-11,15H2,1-2H3,(H,24,26). The van der Waals surface area contributed by atoms with Gasteiger partial charge in [-0.3, -0.25) is 19.2 Å². The van der Waals surface area contributed by atoms with Crippen molar-refractivity contribution in [2.75, 3.05) is 20.1 Å². The van der Waals surface area contributed by atoms with Gasteiger partial charge in [0.2, 0.25) is 0 Å². The number of amides is 1. The fraction of sp³-hybridized carbons (Fsp3) is 0.609. The number of hydrogen-bond acceptors (Lipinski definition) is 5. The van der Waals surface area contributed by atoms with Gasteiger partial charge in [-0.15, -0.1) is 11.3 Å². The van der Waals surface area contributed by atoms with Crippen molar-refractivity contribution in [2.45, 2.75) is 70.4 Å². The Labute approximate surface area is 187 Å². The Morgan fingerprint density at radius 2 is 2.00 bits per heavy atom. The molecule has 5 rings (SSSR count). The summed E-state index contributed by atoms with van der Waals surface area (Å²) in [5, 5.41) is 9.54. The predicted molar refractivity (Wildman–Crippen MR) is 123 cm³/mol. The smallest absolute Gasteiger partial charge is 0.257 e. The van der Waals surface area contributed by atoms with Crippen LogP contribution in [-0.2, 0) is 6.54 Å². The maximum absolute atomic E-state index is 13.2. The van der Waals surface area contributed by atoms with Crippen molar-refractivity contribution in [2.24, 2.45) is 0 Å². The van der Waals surface area contributed by atoms with E-state index >= 15 is 0 Å². The van der Waals surface area contributed by atoms with E-state index in [0.29, 0.717) is 12.0 Å². The quantitative estimate of drug-likeness (QED) is 0.645. The summed E-state index contributed by atoms with van der Waals surface area (Å²) in [7, 11) is 1.97. The van der Waals surface area contributed by atoms with E-state index in [0.717, 1.165) is 67.2 Å². The number of aromatic nitrogens is 4. The van der Waals surface area contributed by atoms with E-state index in [2.05, 4.69) is 43.0 Å². The number of carbonyl (C=O) groups excluding carboxylic acids is 1. The minimum Gasteiger partial charge on any atom is -0.339 e. The van der Waals surface area contributed by atoms with Crippen molar-refractivity contribution in [1.82, 2.24) is 29.4 Å². The van der Waals surface area contributed by atoms with Crippen molar-refractivity contribution in [1.29, 1.82) is 0 Å². The van der Waals surface area contributed by atoms with Crippen LogP contribution in [0.4, 0.5) is 0 Å². The Bertz CT molecular complexity index is 1040. The summed E-state index contributed by atoms with van der Waals surface area (Å²) >= 11 is 1.69. The second-order valence-corrected chi connectivity index (χ2v) is 10.0. The molecule has 1 saturated carbocycles. The van der Waals surface area contributed by atoms with E-state index in [1.54, 1.807) is 17.5 Å². The zero-order valence-electron chi connectivity index (χ0n) is 18.5. The first-order valence-electron chi connectivity index (χ1n) is 11.6. The first-order valence-corrected chi connectivity index (χ1v) is 12.4. The van der Waals surface area contributed by atoms with E-state index in [1.165, 1.54) is 25.0 Å². The maximum atomic E-state index is 13.2. The Kier molecular flexibility index (Phi) is 5.84. The van der Waals surface area contributed by atoms with Crippen molar-refractivity contribution in [3.63, 3.8) is 0 Å². The largest absolute Gasteiger partial charge is 0.339 e. The van der Waals surface area contributed by atoms with Gasteiger partial charge in [-0.1, -0.05) is 19.3 Å². The van der Waals surface area contributed by atoms with Gasteiger partial charge in [0.25, 0.3) is 5.91 Å². The summed E-state index contributed by atoms with van der Waals surface area (Å²) in [5.74, 6) is 0.498. The lowest BCUT2D eigenvalue weighted by molar-refractivity contribution is 0.0694. The zero-order valence-corrected chi connectivity index (χ0v) is 19.3. The molecule has 4 heterocycles. The third-order valence-electron chi connectivity index (χ3n) is 7.27. The van der Waals surface area contributed by atoms with Gasteiger partial charge in [-0.05, 0) is 45.7 Å². The molecule has 0 unspecified atom stereocenters. The van der Waals surface area contributed by atoms with Crippen LogP contribution >= 0.6 is 11.3 Å². The molecule has 1 aliphatic heterocycles. The molecule has 1 aliphatic carbocycles. The molecule has 3 aromatic heterocycles. The van der Waals surface area contributed by atoms with Gasteiger partial charge in [-0.2, -0.15) is 5.10 Å². The number of rotatable bonds is 5. The highest BCUT2D eigenvalue weighted by Gasteiger charge is 2.30. The average molecular weight is 441 g/mol. The molecule has 0 aromatic carbocycles. The van der Waals surface area contributed by atoms with Crippen LogP contribution in [0.15, 0.2) is 17.8 Å². The second kappa shape index (κ2) is 8.74. The third-order valence-corrected chi connectivity index (χ3v) is 8.03. The SMILES string of the molecule is Cc1nc2sccn2c1CN1CCC(c2[nH]ncc2C(=O)N(C)C2CCCCC2)CC1. The number of carbonyl (C=O) groups is 1. The number of nitrogens with one attached hydrogen (secondary N) is 1. The fourth-order valence-electron chi connectivity index (χ4n) is 5.32. The minimum absolute atomic E-state index is 0.132. The summed E-state index contributed by atoms with van der Waals surface area (Å²) < 4.78 is 2.22. The molecule has 166 valence electrons. The lowest BCUT2D eigenvalue weighted by Gasteiger charge is -2.33. The number of nitrogens with zero attached hydrogens (tertiary/aromatic N) is 5. The number of likely N-dealkylation sites (tertiary alicyclic amines) is 1. The van der Waals surface area contributed by atoms with E-state index in [-0.39, 0.29) is 5.91 Å². The highest BCUT2D eigenvalue weighted by atomic mass is 32.1. The summed E-state index contributed by atoms with van der Waals surface area (Å²) in [5.41, 5.74) is 4.23. The minimum atomic E-state index is 0.132. The Morgan fingerprint density at radius 1 is 1.23 bits per heavy atom. The average Bonchev–Trinajstić information content (AvgIpc) is 3.52. The number of aromatic amines is 1. The van der Waals surface area contributed by atoms with E-state index < -0.39 is 0 Å². The van der Waals surface area contributed by atoms with Gasteiger partial charge in [-0.25, -0.2) is 4.98 Å². The predicted octanol–water partition coefficient (Wildman–Crippen LogP) is 4.21. The summed E-state index contributed by atoms with van der Waals surface area (Å²) in [4.78, 5) is 23.5. The highest BCUT2D eigenvalue weighted by molar-refractivity contribution is 7.15. The van der Waals surface area contributed by atoms with Crippen LogP contribution in [0.2, 0.25) is 0 Å². The van der Waals surface area contributed by atoms with Crippen LogP contribution in [-0.4, -0.2) is 61.5 Å². The van der Waals surface area contributed by atoms with Gasteiger partial charge in [0.1, 0.15) is 0 Å². The molecule has 0 atom stereocenters. The molecule has 7 nitrogen and oxygen atoms in total. The van der Waals surface area contributed by atoms with Gasteiger partial charge < -0.3 is 4.90 Å². The van der Waals surface area contributed by atoms with Crippen LogP contribution in [0.1, 0.15) is 78.3 Å². The monoisotopic (exact) mass is 440 g/mol. The summed E-state index contributed by atoms with van der Waals surface area (Å²) in [6, 6.07) is 0.374. The summed E-state index contributed by atoms with van der Waals surface area (Å²) in [6.45, 7) is 5.07. The maximum Gasteiger partial charge on any atom is 0.257 e. The number of piperidine rings is 1. The normalized spacial score (nSPS) is 19.3. The molecular formula is C23H32N6OS. The van der Waals surface area contributed by atoms with Gasteiger partial charge in [0.05, 0.1) is 28.8 Å². The lowest BCUT2D eigenvalue weighted by Crippen LogP contribution is -2.39. The Balaban J connectivity index is 1.23. The summed E-state index contributed by atoms with van der Waals surface area (Å²) in [6.07, 6.45) is 11.9. The topological polar surface area (TPSA) is 69.5 Å². The molecule has 0 bridgehead atoms. The lowest BCUT2D eigenvalue weighted by atomic mass is 9.90. The van der Waals surface area contributed by atoms with Crippen molar-refractivity contribution < 1.29 is 4.79 Å². The first kappa shape index (κ1) is 20.7. The molecule has 2 fully saturated rings. The van der Waals surface area contributed by atoms with Crippen LogP contribution in [0.25, 0.3) is 4.96 Å². The molecule has 0 spiro atoms. The number of hydrogen-bond donors (Lipinski definition) is 1. The Morgan fingerprint density at radius 3 is 2.77 bits per heavy atom. The van der Waals surface area contributed by atoms with Crippen molar-refractivity contribution in [3.05, 3.63) is 40.4 Å². The molecule has 0 radical (unpaired) electrons. The number of imidazole rings is 1. The van der Waals surface area contributed by atoms with E-state index in [4.69, 9.17) is 0 Å². The number of thiazole rings is 1. The molecule has 2 aliphatic rings. The first-order chi connectivity index (χ1) is 15.1. The van der Waals surface area contributed by atoms with E-state index in [1.807, 2.05) is 11.9 Å². The molecule has 31 heavy (non-hydrogen) atoms. The molecule has 3 aromatic rings. The van der Waals surface area contributed by atoms with Crippen molar-refractivity contribution >= 4 is 22.2 Å². The molecule has 1 saturated heterocycles. The van der Waals surface area contributed by atoms with Crippen LogP contribution in [0.3, 0.4) is 0 Å². The molecule has 1 amide bonds. The second-order valence-electron chi connectivity index (χ2n) is 9.16. The van der Waals surface area contributed by atoms with Gasteiger partial charge in [0.15, 0.2) is 4.96 Å². The van der Waals surface area contributed by atoms with Gasteiger partial charge >= 0.3 is 0 Å². The van der Waals surface area contributed by atoms with Gasteiger partial charge in [0, 0.05) is 37.1 Å². The number of aryl methyl sites for hydroxylation is 1. The molecular weight excluding hydrogens is 408 g/mol. The van der Waals surface area contributed by atoms with Crippen LogP contribution in [0, 0.1) is 6.92 Å².